The number of carbonyl (C=O) groups is 1. The Balaban J connectivity index is 2.26. The summed E-state index contributed by atoms with van der Waals surface area (Å²) in [5, 5.41) is 12.3. The number of aryl methyl sites for hydroxylation is 1. The average molecular weight is 282 g/mol. The molecule has 2 N–H and O–H groups in total. The highest BCUT2D eigenvalue weighted by Crippen LogP contribution is 2.28. The lowest BCUT2D eigenvalue weighted by Gasteiger charge is -2.06. The van der Waals surface area contributed by atoms with Gasteiger partial charge in [0.05, 0.1) is 12.8 Å². The number of hydrogen-bond acceptors (Lipinski definition) is 5. The van der Waals surface area contributed by atoms with E-state index in [0.717, 1.165) is 11.3 Å². The lowest BCUT2D eigenvalue weighted by atomic mass is 10.3. The minimum absolute atomic E-state index is 0.108. The predicted octanol–water partition coefficient (Wildman–Crippen LogP) is 3.04. The summed E-state index contributed by atoms with van der Waals surface area (Å²) in [6.07, 6.45) is 0. The molecule has 2 rings (SSSR count). The van der Waals surface area contributed by atoms with Crippen molar-refractivity contribution in [2.75, 3.05) is 12.4 Å². The van der Waals surface area contributed by atoms with Gasteiger partial charge in [-0.3, -0.25) is 0 Å². The molecule has 100 valence electrons. The third-order valence-corrected chi connectivity index (χ3v) is 3.45. The highest BCUT2D eigenvalue weighted by molar-refractivity contribution is 7.17. The molecule has 1 aromatic heterocycles. The van der Waals surface area contributed by atoms with Gasteiger partial charge in [-0.05, 0) is 19.1 Å². The van der Waals surface area contributed by atoms with Gasteiger partial charge in [-0.1, -0.05) is 11.3 Å². The summed E-state index contributed by atoms with van der Waals surface area (Å²) in [5.41, 5.74) is 1.01. The largest absolute Gasteiger partial charge is 0.494 e. The molecule has 5 nitrogen and oxygen atoms in total. The van der Waals surface area contributed by atoms with E-state index in [1.54, 1.807) is 6.92 Å². The Labute approximate surface area is 112 Å². The summed E-state index contributed by atoms with van der Waals surface area (Å²) in [4.78, 5) is 15.2. The first-order chi connectivity index (χ1) is 9.01. The third-order valence-electron chi connectivity index (χ3n) is 2.39. The summed E-state index contributed by atoms with van der Waals surface area (Å²) in [6, 6.07) is 4.27. The van der Waals surface area contributed by atoms with E-state index in [1.165, 1.54) is 25.3 Å². The van der Waals surface area contributed by atoms with Gasteiger partial charge in [0.15, 0.2) is 16.7 Å². The molecule has 7 heteroatoms. The molecule has 0 aliphatic rings. The Morgan fingerprint density at radius 2 is 2.26 bits per heavy atom. The summed E-state index contributed by atoms with van der Waals surface area (Å²) in [5.74, 6) is -1.37. The number of thiazole rings is 1. The van der Waals surface area contributed by atoms with Gasteiger partial charge in [0.25, 0.3) is 0 Å². The van der Waals surface area contributed by atoms with Crippen LogP contribution in [0.3, 0.4) is 0 Å². The molecule has 0 saturated carbocycles. The molecule has 1 aromatic carbocycles. The second-order valence-electron chi connectivity index (χ2n) is 3.71. The van der Waals surface area contributed by atoms with E-state index >= 15 is 0 Å². The fourth-order valence-electron chi connectivity index (χ4n) is 1.51. The number of nitrogens with zero attached hydrogens (tertiary/aromatic N) is 1. The Morgan fingerprint density at radius 1 is 1.53 bits per heavy atom. The van der Waals surface area contributed by atoms with Gasteiger partial charge >= 0.3 is 5.97 Å². The van der Waals surface area contributed by atoms with Crippen LogP contribution in [0.2, 0.25) is 0 Å². The zero-order chi connectivity index (χ0) is 14.0. The van der Waals surface area contributed by atoms with Gasteiger partial charge in [0.2, 0.25) is 0 Å². The zero-order valence-corrected chi connectivity index (χ0v) is 11.0. The minimum atomic E-state index is -1.01. The van der Waals surface area contributed by atoms with Crippen LogP contribution in [0, 0.1) is 12.7 Å². The van der Waals surface area contributed by atoms with Crippen molar-refractivity contribution in [1.29, 1.82) is 0 Å². The van der Waals surface area contributed by atoms with Gasteiger partial charge in [-0.15, -0.1) is 0 Å². The molecule has 0 saturated heterocycles. The summed E-state index contributed by atoms with van der Waals surface area (Å²) in [7, 11) is 1.37. The van der Waals surface area contributed by atoms with Crippen LogP contribution < -0.4 is 10.1 Å². The third kappa shape index (κ3) is 2.82. The van der Waals surface area contributed by atoms with Gasteiger partial charge in [0.1, 0.15) is 4.88 Å². The van der Waals surface area contributed by atoms with Gasteiger partial charge in [-0.2, -0.15) is 0 Å². The molecular weight excluding hydrogens is 271 g/mol. The molecular formula is C12H11FN2O3S. The molecule has 0 aliphatic carbocycles. The smallest absolute Gasteiger partial charge is 0.347 e. The van der Waals surface area contributed by atoms with Crippen LogP contribution in [-0.4, -0.2) is 23.2 Å². The number of anilines is 2. The van der Waals surface area contributed by atoms with Crippen molar-refractivity contribution in [2.24, 2.45) is 0 Å². The highest BCUT2D eigenvalue weighted by Gasteiger charge is 2.14. The lowest BCUT2D eigenvalue weighted by molar-refractivity contribution is 0.0701. The molecule has 0 amide bonds. The number of benzene rings is 1. The normalized spacial score (nSPS) is 10.3. The maximum atomic E-state index is 13.2. The van der Waals surface area contributed by atoms with Gasteiger partial charge in [0, 0.05) is 11.8 Å². The van der Waals surface area contributed by atoms with E-state index < -0.39 is 11.8 Å². The van der Waals surface area contributed by atoms with Crippen molar-refractivity contribution in [3.05, 3.63) is 34.6 Å². The fraction of sp³-hybridized carbons (Fsp3) is 0.167. The molecule has 0 aliphatic heterocycles. The number of methoxy groups -OCH3 is 1. The summed E-state index contributed by atoms with van der Waals surface area (Å²) in [6.45, 7) is 1.62. The van der Waals surface area contributed by atoms with Crippen molar-refractivity contribution >= 4 is 28.1 Å². The lowest BCUT2D eigenvalue weighted by Crippen LogP contribution is -1.94. The van der Waals surface area contributed by atoms with E-state index in [2.05, 4.69) is 10.3 Å². The molecule has 1 heterocycles. The number of nitrogens with one attached hydrogen (secondary N) is 1. The van der Waals surface area contributed by atoms with E-state index in [-0.39, 0.29) is 10.6 Å². The number of hydrogen-bond donors (Lipinski definition) is 2. The first kappa shape index (κ1) is 13.3. The van der Waals surface area contributed by atoms with Gasteiger partial charge in [-0.25, -0.2) is 14.2 Å². The van der Waals surface area contributed by atoms with Crippen molar-refractivity contribution in [3.8, 4) is 5.75 Å². The van der Waals surface area contributed by atoms with Crippen molar-refractivity contribution in [1.82, 2.24) is 4.98 Å². The van der Waals surface area contributed by atoms with Crippen molar-refractivity contribution in [3.63, 3.8) is 0 Å². The molecule has 0 bridgehead atoms. The molecule has 19 heavy (non-hydrogen) atoms. The van der Waals surface area contributed by atoms with Crippen LogP contribution in [0.4, 0.5) is 15.2 Å². The fourth-order valence-corrected chi connectivity index (χ4v) is 2.33. The number of rotatable bonds is 4. The molecule has 2 aromatic rings. The van der Waals surface area contributed by atoms with Crippen LogP contribution in [0.25, 0.3) is 0 Å². The van der Waals surface area contributed by atoms with Crippen LogP contribution in [0.5, 0.6) is 5.75 Å². The second kappa shape index (κ2) is 5.23. The number of carboxylic acid groups (broad SMARTS) is 1. The second-order valence-corrected chi connectivity index (χ2v) is 4.71. The number of carboxylic acids is 1. The maximum absolute atomic E-state index is 13.2. The Kier molecular flexibility index (Phi) is 3.66. The average Bonchev–Trinajstić information content (AvgIpc) is 2.73. The molecule has 0 atom stereocenters. The van der Waals surface area contributed by atoms with Gasteiger partial charge < -0.3 is 15.2 Å². The molecule has 0 spiro atoms. The van der Waals surface area contributed by atoms with E-state index in [0.29, 0.717) is 16.5 Å². The SMILES string of the molecule is COc1cc(Nc2nc(C)c(C(=O)O)s2)ccc1F. The van der Waals surface area contributed by atoms with E-state index in [9.17, 15) is 9.18 Å². The zero-order valence-electron chi connectivity index (χ0n) is 10.2. The number of ether oxygens (including phenoxy) is 1. The van der Waals surface area contributed by atoms with Crippen molar-refractivity contribution in [2.45, 2.75) is 6.92 Å². The van der Waals surface area contributed by atoms with Crippen molar-refractivity contribution < 1.29 is 19.0 Å². The Bertz CT molecular complexity index is 627. The van der Waals surface area contributed by atoms with Crippen LogP contribution in [0.15, 0.2) is 18.2 Å². The highest BCUT2D eigenvalue weighted by atomic mass is 32.1. The predicted molar refractivity (Wildman–Crippen MR) is 70.0 cm³/mol. The quantitative estimate of drug-likeness (QED) is 0.901. The first-order valence-corrected chi connectivity index (χ1v) is 6.14. The van der Waals surface area contributed by atoms with Crippen LogP contribution in [-0.2, 0) is 0 Å². The van der Waals surface area contributed by atoms with E-state index in [1.807, 2.05) is 0 Å². The minimum Gasteiger partial charge on any atom is -0.494 e. The number of aromatic nitrogens is 1. The first-order valence-electron chi connectivity index (χ1n) is 5.32. The van der Waals surface area contributed by atoms with Crippen LogP contribution in [0.1, 0.15) is 15.4 Å². The summed E-state index contributed by atoms with van der Waals surface area (Å²) < 4.78 is 18.1. The molecule has 0 unspecified atom stereocenters. The summed E-state index contributed by atoms with van der Waals surface area (Å²) >= 11 is 1.02. The van der Waals surface area contributed by atoms with E-state index in [4.69, 9.17) is 9.84 Å². The Hall–Kier alpha value is -2.15. The number of aromatic carboxylic acids is 1. The topological polar surface area (TPSA) is 71.5 Å². The maximum Gasteiger partial charge on any atom is 0.347 e. The Morgan fingerprint density at radius 3 is 2.84 bits per heavy atom. The monoisotopic (exact) mass is 282 g/mol. The standard InChI is InChI=1S/C12H11FN2O3S/c1-6-10(11(16)17)19-12(14-6)15-7-3-4-8(13)9(5-7)18-2/h3-5H,1-2H3,(H,14,15)(H,16,17). The molecule has 0 fully saturated rings. The number of halogens is 1. The van der Waals surface area contributed by atoms with Crippen LogP contribution >= 0.6 is 11.3 Å². The molecule has 0 radical (unpaired) electrons.